The fraction of sp³-hybridized carbons (Fsp3) is 0.222. The van der Waals surface area contributed by atoms with Gasteiger partial charge in [0.15, 0.2) is 18.1 Å². The first kappa shape index (κ1) is 25.4. The number of rotatable bonds is 9. The Balaban J connectivity index is 1.59. The highest BCUT2D eigenvalue weighted by atomic mass is 19.1. The van der Waals surface area contributed by atoms with Gasteiger partial charge in [-0.05, 0) is 72.0 Å². The van der Waals surface area contributed by atoms with Crippen molar-refractivity contribution < 1.29 is 28.2 Å². The van der Waals surface area contributed by atoms with Crippen molar-refractivity contribution in [3.63, 3.8) is 0 Å². The van der Waals surface area contributed by atoms with Gasteiger partial charge < -0.3 is 14.2 Å². The van der Waals surface area contributed by atoms with E-state index in [9.17, 15) is 14.0 Å². The van der Waals surface area contributed by atoms with Gasteiger partial charge in [0, 0.05) is 0 Å². The summed E-state index contributed by atoms with van der Waals surface area (Å²) in [5.41, 5.74) is 5.16. The zero-order chi connectivity index (χ0) is 25.4. The quantitative estimate of drug-likeness (QED) is 0.202. The van der Waals surface area contributed by atoms with Crippen molar-refractivity contribution >= 4 is 18.1 Å². The molecule has 35 heavy (non-hydrogen) atoms. The van der Waals surface area contributed by atoms with Gasteiger partial charge in [-0.3, -0.25) is 4.79 Å². The lowest BCUT2D eigenvalue weighted by Gasteiger charge is -2.14. The summed E-state index contributed by atoms with van der Waals surface area (Å²) in [6, 6.07) is 15.8. The minimum atomic E-state index is -0.717. The summed E-state index contributed by atoms with van der Waals surface area (Å²) in [6.07, 6.45) is 1.42. The number of hydrogen-bond acceptors (Lipinski definition) is 6. The van der Waals surface area contributed by atoms with Crippen molar-refractivity contribution in [3.8, 4) is 17.2 Å². The number of ether oxygens (including phenoxy) is 3. The number of esters is 1. The van der Waals surface area contributed by atoms with Crippen molar-refractivity contribution in [2.45, 2.75) is 26.7 Å². The highest BCUT2D eigenvalue weighted by Crippen LogP contribution is 2.29. The molecule has 0 aliphatic rings. The molecule has 0 spiro atoms. The number of hydrazone groups is 1. The third-order valence-electron chi connectivity index (χ3n) is 5.00. The molecule has 0 aliphatic heterocycles. The molecule has 1 amide bonds. The fourth-order valence-electron chi connectivity index (χ4n) is 3.22. The van der Waals surface area contributed by atoms with Crippen LogP contribution in [0.2, 0.25) is 0 Å². The molecule has 1 N–H and O–H groups in total. The molecule has 3 aromatic carbocycles. The first-order valence-electron chi connectivity index (χ1n) is 11.0. The molecule has 0 aromatic heterocycles. The maximum Gasteiger partial charge on any atom is 0.343 e. The predicted octanol–water partition coefficient (Wildman–Crippen LogP) is 5.01. The van der Waals surface area contributed by atoms with E-state index in [4.69, 9.17) is 14.2 Å². The summed E-state index contributed by atoms with van der Waals surface area (Å²) in [5, 5.41) is 3.94. The van der Waals surface area contributed by atoms with Crippen LogP contribution < -0.4 is 19.6 Å². The second kappa shape index (κ2) is 11.8. The van der Waals surface area contributed by atoms with Crippen LogP contribution in [0.15, 0.2) is 65.8 Å². The van der Waals surface area contributed by atoms with Crippen LogP contribution in [-0.4, -0.2) is 31.8 Å². The molecule has 7 nitrogen and oxygen atoms in total. The molecule has 0 fully saturated rings. The van der Waals surface area contributed by atoms with Gasteiger partial charge in [0.2, 0.25) is 0 Å². The molecular weight excluding hydrogens is 451 g/mol. The molecule has 0 atom stereocenters. The summed E-state index contributed by atoms with van der Waals surface area (Å²) >= 11 is 0. The Morgan fingerprint density at radius 2 is 1.83 bits per heavy atom. The Labute approximate surface area is 203 Å². The maximum atomic E-state index is 13.4. The molecule has 8 heteroatoms. The van der Waals surface area contributed by atoms with Gasteiger partial charge in [-0.15, -0.1) is 0 Å². The number of aryl methyl sites for hydroxylation is 1. The first-order valence-corrected chi connectivity index (χ1v) is 11.0. The lowest BCUT2D eigenvalue weighted by molar-refractivity contribution is -0.123. The van der Waals surface area contributed by atoms with Gasteiger partial charge in [-0.1, -0.05) is 32.0 Å². The second-order valence-electron chi connectivity index (χ2n) is 8.09. The standard InChI is InChI=1S/C27H27FN2O5/c1-17(2)22-10-8-18(3)12-24(22)34-16-26(31)30-29-15-19-9-11-23(25(13-19)33-4)35-27(32)20-6-5-7-21(28)14-20/h5-15,17H,16H2,1-4H3,(H,30,31). The van der Waals surface area contributed by atoms with E-state index < -0.39 is 17.7 Å². The number of nitrogens with one attached hydrogen (secondary N) is 1. The zero-order valence-electron chi connectivity index (χ0n) is 20.0. The number of hydrogen-bond donors (Lipinski definition) is 1. The molecule has 3 aromatic rings. The molecule has 3 rings (SSSR count). The molecular formula is C27H27FN2O5. The van der Waals surface area contributed by atoms with E-state index in [1.165, 1.54) is 37.6 Å². The van der Waals surface area contributed by atoms with Gasteiger partial charge in [-0.2, -0.15) is 5.10 Å². The molecule has 0 unspecified atom stereocenters. The maximum absolute atomic E-state index is 13.4. The van der Waals surface area contributed by atoms with Crippen LogP contribution in [0.25, 0.3) is 0 Å². The van der Waals surface area contributed by atoms with E-state index in [-0.39, 0.29) is 29.6 Å². The smallest absolute Gasteiger partial charge is 0.343 e. The molecule has 0 saturated heterocycles. The average Bonchev–Trinajstić information content (AvgIpc) is 2.83. The van der Waals surface area contributed by atoms with E-state index in [1.54, 1.807) is 12.1 Å². The third kappa shape index (κ3) is 7.14. The highest BCUT2D eigenvalue weighted by molar-refractivity contribution is 5.91. The van der Waals surface area contributed by atoms with Crippen molar-refractivity contribution in [1.82, 2.24) is 5.43 Å². The lowest BCUT2D eigenvalue weighted by Crippen LogP contribution is -2.25. The topological polar surface area (TPSA) is 86.2 Å². The predicted molar refractivity (Wildman–Crippen MR) is 131 cm³/mol. The van der Waals surface area contributed by atoms with E-state index in [0.29, 0.717) is 11.3 Å². The second-order valence-corrected chi connectivity index (χ2v) is 8.09. The number of benzene rings is 3. The molecule has 0 saturated carbocycles. The summed E-state index contributed by atoms with van der Waals surface area (Å²) < 4.78 is 29.7. The Hall–Kier alpha value is -4.20. The van der Waals surface area contributed by atoms with Gasteiger partial charge >= 0.3 is 5.97 Å². The Morgan fingerprint density at radius 1 is 1.03 bits per heavy atom. The van der Waals surface area contributed by atoms with Crippen molar-refractivity contribution in [3.05, 3.63) is 88.7 Å². The van der Waals surface area contributed by atoms with Crippen LogP contribution in [-0.2, 0) is 4.79 Å². The van der Waals surface area contributed by atoms with Crippen molar-refractivity contribution in [2.24, 2.45) is 5.10 Å². The molecule has 0 aliphatic carbocycles. The summed E-state index contributed by atoms with van der Waals surface area (Å²) in [4.78, 5) is 24.4. The van der Waals surface area contributed by atoms with Crippen molar-refractivity contribution in [2.75, 3.05) is 13.7 Å². The molecule has 0 bridgehead atoms. The molecule has 0 radical (unpaired) electrons. The van der Waals surface area contributed by atoms with Gasteiger partial charge in [0.25, 0.3) is 5.91 Å². The Morgan fingerprint density at radius 3 is 2.54 bits per heavy atom. The van der Waals surface area contributed by atoms with Crippen LogP contribution in [0.1, 0.15) is 46.8 Å². The van der Waals surface area contributed by atoms with Gasteiger partial charge in [-0.25, -0.2) is 14.6 Å². The van der Waals surface area contributed by atoms with E-state index in [2.05, 4.69) is 24.4 Å². The zero-order valence-corrected chi connectivity index (χ0v) is 20.0. The van der Waals surface area contributed by atoms with E-state index in [1.807, 2.05) is 25.1 Å². The number of nitrogens with zero attached hydrogens (tertiary/aromatic N) is 1. The SMILES string of the molecule is COc1cc(C=NNC(=O)COc2cc(C)ccc2C(C)C)ccc1OC(=O)c1cccc(F)c1. The summed E-state index contributed by atoms with van der Waals surface area (Å²) in [5.74, 6) is -0.296. The molecule has 0 heterocycles. The lowest BCUT2D eigenvalue weighted by atomic mass is 10.0. The van der Waals surface area contributed by atoms with Gasteiger partial charge in [0.05, 0.1) is 18.9 Å². The Kier molecular flexibility index (Phi) is 8.56. The van der Waals surface area contributed by atoms with Crippen molar-refractivity contribution in [1.29, 1.82) is 0 Å². The monoisotopic (exact) mass is 478 g/mol. The largest absolute Gasteiger partial charge is 0.493 e. The number of amides is 1. The minimum absolute atomic E-state index is 0.0776. The van der Waals surface area contributed by atoms with E-state index in [0.717, 1.165) is 17.2 Å². The normalized spacial score (nSPS) is 10.9. The fourth-order valence-corrected chi connectivity index (χ4v) is 3.22. The van der Waals surface area contributed by atoms with Crippen LogP contribution in [0, 0.1) is 12.7 Å². The first-order chi connectivity index (χ1) is 16.8. The number of methoxy groups -OCH3 is 1. The number of carbonyl (C=O) groups excluding carboxylic acids is 2. The summed E-state index contributed by atoms with van der Waals surface area (Å²) in [6.45, 7) is 5.90. The van der Waals surface area contributed by atoms with Crippen LogP contribution in [0.3, 0.4) is 0 Å². The average molecular weight is 479 g/mol. The number of carbonyl (C=O) groups is 2. The van der Waals surface area contributed by atoms with Crippen LogP contribution in [0.5, 0.6) is 17.2 Å². The minimum Gasteiger partial charge on any atom is -0.493 e. The highest BCUT2D eigenvalue weighted by Gasteiger charge is 2.14. The van der Waals surface area contributed by atoms with E-state index >= 15 is 0 Å². The van der Waals surface area contributed by atoms with Crippen LogP contribution >= 0.6 is 0 Å². The summed E-state index contributed by atoms with van der Waals surface area (Å²) in [7, 11) is 1.42. The molecule has 182 valence electrons. The number of halogens is 1. The third-order valence-corrected chi connectivity index (χ3v) is 5.00. The van der Waals surface area contributed by atoms with Gasteiger partial charge in [0.1, 0.15) is 11.6 Å². The Bertz CT molecular complexity index is 1240. The van der Waals surface area contributed by atoms with Crippen LogP contribution in [0.4, 0.5) is 4.39 Å².